The zero-order valence-electron chi connectivity index (χ0n) is 10.1. The molecule has 2 aromatic rings. The van der Waals surface area contributed by atoms with Crippen LogP contribution in [0.4, 0.5) is 0 Å². The van der Waals surface area contributed by atoms with E-state index in [-0.39, 0.29) is 0 Å². The summed E-state index contributed by atoms with van der Waals surface area (Å²) < 4.78 is 0. The largest absolute Gasteiger partial charge is 0.507 e. The fourth-order valence-electron chi connectivity index (χ4n) is 2.89. The normalized spacial score (nSPS) is 21.4. The third-order valence-corrected chi connectivity index (χ3v) is 3.89. The lowest BCUT2D eigenvalue weighted by Gasteiger charge is -2.18. The average Bonchev–Trinajstić information content (AvgIpc) is 2.89. The Morgan fingerprint density at radius 1 is 1.47 bits per heavy atom. The maximum Gasteiger partial charge on any atom is 0.125 e. The Hall–Kier alpha value is -1.48. The van der Waals surface area contributed by atoms with Gasteiger partial charge in [0.2, 0.25) is 0 Å². The minimum Gasteiger partial charge on any atom is -0.507 e. The van der Waals surface area contributed by atoms with Crippen LogP contribution in [0.15, 0.2) is 24.4 Å². The second kappa shape index (κ2) is 4.08. The Morgan fingerprint density at radius 3 is 3.12 bits per heavy atom. The number of nitrogens with one attached hydrogen (secondary N) is 1. The molecule has 0 aliphatic carbocycles. The van der Waals surface area contributed by atoms with E-state index in [1.165, 1.54) is 24.9 Å². The number of aromatic hydroxyl groups is 1. The maximum atomic E-state index is 9.95. The maximum absolute atomic E-state index is 9.95. The number of likely N-dealkylation sites (N-methyl/N-ethyl adjacent to an activating group) is 1. The van der Waals surface area contributed by atoms with Crippen molar-refractivity contribution in [1.29, 1.82) is 0 Å². The van der Waals surface area contributed by atoms with Gasteiger partial charge in [0.1, 0.15) is 5.75 Å². The number of benzene rings is 1. The second-order valence-corrected chi connectivity index (χ2v) is 4.99. The summed E-state index contributed by atoms with van der Waals surface area (Å²) in [6.07, 6.45) is 5.61. The minimum atomic E-state index is 0.388. The highest BCUT2D eigenvalue weighted by atomic mass is 16.3. The van der Waals surface area contributed by atoms with E-state index in [1.54, 1.807) is 6.07 Å². The van der Waals surface area contributed by atoms with Gasteiger partial charge in [0, 0.05) is 23.1 Å². The first-order valence-electron chi connectivity index (χ1n) is 6.24. The number of H-pyrrole nitrogens is 1. The molecule has 2 heterocycles. The van der Waals surface area contributed by atoms with Gasteiger partial charge in [-0.15, -0.1) is 0 Å². The molecule has 0 bridgehead atoms. The molecule has 17 heavy (non-hydrogen) atoms. The van der Waals surface area contributed by atoms with Gasteiger partial charge in [-0.1, -0.05) is 6.07 Å². The minimum absolute atomic E-state index is 0.388. The molecule has 1 aliphatic heterocycles. The zero-order valence-corrected chi connectivity index (χ0v) is 10.1. The summed E-state index contributed by atoms with van der Waals surface area (Å²) in [7, 11) is 2.19. The lowest BCUT2D eigenvalue weighted by molar-refractivity contribution is 0.309. The average molecular weight is 230 g/mol. The van der Waals surface area contributed by atoms with Gasteiger partial charge < -0.3 is 15.0 Å². The van der Waals surface area contributed by atoms with E-state index in [1.807, 2.05) is 18.3 Å². The van der Waals surface area contributed by atoms with Crippen molar-refractivity contribution < 1.29 is 5.11 Å². The molecule has 0 radical (unpaired) electrons. The van der Waals surface area contributed by atoms with E-state index in [4.69, 9.17) is 0 Å². The number of phenols is 1. The SMILES string of the molecule is CN1CCC[C@H]1Cc1c[nH]c2cccc(O)c12. The number of hydrogen-bond acceptors (Lipinski definition) is 2. The van der Waals surface area contributed by atoms with E-state index >= 15 is 0 Å². The lowest BCUT2D eigenvalue weighted by Crippen LogP contribution is -2.26. The Bertz CT molecular complexity index is 532. The molecular weight excluding hydrogens is 212 g/mol. The molecule has 1 fully saturated rings. The summed E-state index contributed by atoms with van der Waals surface area (Å²) in [5, 5.41) is 10.9. The number of phenolic OH excluding ortho intramolecular Hbond substituents is 1. The Kier molecular flexibility index (Phi) is 2.56. The predicted molar refractivity (Wildman–Crippen MR) is 69.3 cm³/mol. The third-order valence-electron chi connectivity index (χ3n) is 3.89. The van der Waals surface area contributed by atoms with Crippen molar-refractivity contribution in [1.82, 2.24) is 9.88 Å². The van der Waals surface area contributed by atoms with Crippen molar-refractivity contribution in [3.05, 3.63) is 30.0 Å². The van der Waals surface area contributed by atoms with Crippen LogP contribution in [-0.4, -0.2) is 34.6 Å². The summed E-state index contributed by atoms with van der Waals surface area (Å²) in [5.74, 6) is 0.388. The van der Waals surface area contributed by atoms with E-state index in [9.17, 15) is 5.11 Å². The van der Waals surface area contributed by atoms with Crippen molar-refractivity contribution in [3.63, 3.8) is 0 Å². The first-order valence-corrected chi connectivity index (χ1v) is 6.24. The number of rotatable bonds is 2. The van der Waals surface area contributed by atoms with Gasteiger partial charge in [-0.2, -0.15) is 0 Å². The summed E-state index contributed by atoms with van der Waals surface area (Å²) in [6.45, 7) is 1.19. The van der Waals surface area contributed by atoms with Gasteiger partial charge in [0.25, 0.3) is 0 Å². The molecule has 0 amide bonds. The zero-order chi connectivity index (χ0) is 11.8. The number of aromatic amines is 1. The smallest absolute Gasteiger partial charge is 0.125 e. The second-order valence-electron chi connectivity index (χ2n) is 4.99. The quantitative estimate of drug-likeness (QED) is 0.832. The van der Waals surface area contributed by atoms with Crippen LogP contribution in [0.2, 0.25) is 0 Å². The number of aromatic nitrogens is 1. The van der Waals surface area contributed by atoms with E-state index in [0.29, 0.717) is 11.8 Å². The molecule has 3 heteroatoms. The number of nitrogens with zero attached hydrogens (tertiary/aromatic N) is 1. The molecule has 90 valence electrons. The fraction of sp³-hybridized carbons (Fsp3) is 0.429. The van der Waals surface area contributed by atoms with Crippen LogP contribution < -0.4 is 0 Å². The van der Waals surface area contributed by atoms with Crippen LogP contribution >= 0.6 is 0 Å². The van der Waals surface area contributed by atoms with Gasteiger partial charge in [0.15, 0.2) is 0 Å². The van der Waals surface area contributed by atoms with Gasteiger partial charge in [-0.3, -0.25) is 0 Å². The third kappa shape index (κ3) is 1.80. The Balaban J connectivity index is 1.95. The van der Waals surface area contributed by atoms with Crippen LogP contribution in [0.5, 0.6) is 5.75 Å². The molecule has 1 atom stereocenters. The van der Waals surface area contributed by atoms with Gasteiger partial charge in [-0.25, -0.2) is 0 Å². The number of likely N-dealkylation sites (tertiary alicyclic amines) is 1. The molecule has 2 N–H and O–H groups in total. The molecule has 3 rings (SSSR count). The molecule has 3 nitrogen and oxygen atoms in total. The summed E-state index contributed by atoms with van der Waals surface area (Å²) in [6, 6.07) is 6.27. The number of hydrogen-bond donors (Lipinski definition) is 2. The van der Waals surface area contributed by atoms with Crippen LogP contribution in [0.1, 0.15) is 18.4 Å². The first-order chi connectivity index (χ1) is 8.25. The van der Waals surface area contributed by atoms with Crippen LogP contribution in [-0.2, 0) is 6.42 Å². The molecule has 1 aromatic heterocycles. The van der Waals surface area contributed by atoms with E-state index in [0.717, 1.165) is 17.3 Å². The van der Waals surface area contributed by atoms with Crippen molar-refractivity contribution in [2.24, 2.45) is 0 Å². The van der Waals surface area contributed by atoms with Gasteiger partial charge in [0.05, 0.1) is 0 Å². The summed E-state index contributed by atoms with van der Waals surface area (Å²) in [4.78, 5) is 5.65. The van der Waals surface area contributed by atoms with Gasteiger partial charge in [-0.05, 0) is 50.6 Å². The summed E-state index contributed by atoms with van der Waals surface area (Å²) in [5.41, 5.74) is 2.26. The highest BCUT2D eigenvalue weighted by molar-refractivity contribution is 5.89. The Morgan fingerprint density at radius 2 is 2.35 bits per heavy atom. The molecule has 0 saturated carbocycles. The van der Waals surface area contributed by atoms with Crippen molar-refractivity contribution in [2.75, 3.05) is 13.6 Å². The van der Waals surface area contributed by atoms with E-state index < -0.39 is 0 Å². The number of fused-ring (bicyclic) bond motifs is 1. The monoisotopic (exact) mass is 230 g/mol. The topological polar surface area (TPSA) is 39.3 Å². The van der Waals surface area contributed by atoms with Crippen LogP contribution in [0.25, 0.3) is 10.9 Å². The Labute approximate surface area is 101 Å². The standard InChI is InChI=1S/C14H18N2O/c1-16-7-3-4-11(16)8-10-9-15-12-5-2-6-13(17)14(10)12/h2,5-6,9,11,15,17H,3-4,7-8H2,1H3/t11-/m0/s1. The van der Waals surface area contributed by atoms with Crippen LogP contribution in [0.3, 0.4) is 0 Å². The van der Waals surface area contributed by atoms with Gasteiger partial charge >= 0.3 is 0 Å². The molecule has 1 aliphatic rings. The van der Waals surface area contributed by atoms with Crippen molar-refractivity contribution >= 4 is 10.9 Å². The molecule has 1 saturated heterocycles. The lowest BCUT2D eigenvalue weighted by atomic mass is 10.0. The molecular formula is C14H18N2O. The fourth-order valence-corrected chi connectivity index (χ4v) is 2.89. The predicted octanol–water partition coefficient (Wildman–Crippen LogP) is 2.51. The van der Waals surface area contributed by atoms with Crippen molar-refractivity contribution in [2.45, 2.75) is 25.3 Å². The first kappa shape index (κ1) is 10.7. The summed E-state index contributed by atoms with van der Waals surface area (Å²) >= 11 is 0. The molecule has 0 spiro atoms. The molecule has 0 unspecified atom stereocenters. The highest BCUT2D eigenvalue weighted by Crippen LogP contribution is 2.30. The van der Waals surface area contributed by atoms with E-state index in [2.05, 4.69) is 16.9 Å². The van der Waals surface area contributed by atoms with Crippen LogP contribution in [0, 0.1) is 0 Å². The molecule has 1 aromatic carbocycles. The van der Waals surface area contributed by atoms with Crippen molar-refractivity contribution in [3.8, 4) is 5.75 Å². The highest BCUT2D eigenvalue weighted by Gasteiger charge is 2.22.